The minimum atomic E-state index is -5.08. The number of fused-ring (bicyclic) bond motifs is 1. The van der Waals surface area contributed by atoms with Crippen molar-refractivity contribution < 1.29 is 36.3 Å². The summed E-state index contributed by atoms with van der Waals surface area (Å²) in [4.78, 5) is 24.8. The van der Waals surface area contributed by atoms with Gasteiger partial charge in [0.15, 0.2) is 0 Å². The molecule has 0 saturated carbocycles. The van der Waals surface area contributed by atoms with Crippen LogP contribution in [0.25, 0.3) is 0 Å². The standard InChI is InChI=1S/C22H27N3O3S.C2HF3O2/c1-24-16-13-22(21(26)23-18-8-4-2-5-9-18)14-17-25(15-12-20(22)24)29(27,28)19-10-6-3-7-11-19;3-2(4,5)1(6)7/h2-11,20H,12-17H2,1H3,(H,23,26);(H,6,7)/t20-,22-;/m1./s1. The second-order valence-corrected chi connectivity index (χ2v) is 10.7. The van der Waals surface area contributed by atoms with Crippen LogP contribution < -0.4 is 5.32 Å². The summed E-state index contributed by atoms with van der Waals surface area (Å²) in [6.07, 6.45) is -3.18. The largest absolute Gasteiger partial charge is 0.490 e. The number of anilines is 1. The number of rotatable bonds is 4. The van der Waals surface area contributed by atoms with Crippen LogP contribution in [0.4, 0.5) is 18.9 Å². The number of benzene rings is 2. The number of amides is 1. The van der Waals surface area contributed by atoms with Crippen LogP contribution in [0.15, 0.2) is 65.6 Å². The van der Waals surface area contributed by atoms with Gasteiger partial charge >= 0.3 is 12.1 Å². The molecule has 2 fully saturated rings. The fourth-order valence-electron chi connectivity index (χ4n) is 4.75. The first-order valence-corrected chi connectivity index (χ1v) is 12.7. The van der Waals surface area contributed by atoms with E-state index in [0.29, 0.717) is 30.8 Å². The summed E-state index contributed by atoms with van der Waals surface area (Å²) in [6.45, 7) is 1.62. The van der Waals surface area contributed by atoms with Crippen molar-refractivity contribution in [2.75, 3.05) is 32.0 Å². The maximum absolute atomic E-state index is 13.4. The number of hydrogen-bond acceptors (Lipinski definition) is 5. The van der Waals surface area contributed by atoms with Gasteiger partial charge in [-0.3, -0.25) is 4.79 Å². The Balaban J connectivity index is 0.000000454. The van der Waals surface area contributed by atoms with Gasteiger partial charge in [0.25, 0.3) is 0 Å². The zero-order valence-electron chi connectivity index (χ0n) is 19.6. The monoisotopic (exact) mass is 527 g/mol. The molecule has 2 aromatic rings. The van der Waals surface area contributed by atoms with Gasteiger partial charge in [0.1, 0.15) is 0 Å². The first kappa shape index (κ1) is 27.6. The second-order valence-electron chi connectivity index (χ2n) is 8.78. The van der Waals surface area contributed by atoms with Gasteiger partial charge in [0, 0.05) is 24.8 Å². The normalized spacial score (nSPS) is 23.1. The quantitative estimate of drug-likeness (QED) is 0.631. The third-order valence-corrected chi connectivity index (χ3v) is 8.56. The Labute approximate surface area is 207 Å². The Hall–Kier alpha value is -2.96. The number of carbonyl (C=O) groups excluding carboxylic acids is 1. The maximum Gasteiger partial charge on any atom is 0.490 e. The number of nitrogens with zero attached hydrogens (tertiary/aromatic N) is 2. The van der Waals surface area contributed by atoms with E-state index in [1.54, 1.807) is 28.6 Å². The number of carboxylic acid groups (broad SMARTS) is 1. The number of aliphatic carboxylic acids is 1. The van der Waals surface area contributed by atoms with E-state index in [1.165, 1.54) is 0 Å². The van der Waals surface area contributed by atoms with E-state index in [4.69, 9.17) is 9.90 Å². The summed E-state index contributed by atoms with van der Waals surface area (Å²) in [5.41, 5.74) is 0.198. The van der Waals surface area contributed by atoms with E-state index < -0.39 is 27.6 Å². The topological polar surface area (TPSA) is 107 Å². The number of hydrogen-bond donors (Lipinski definition) is 2. The van der Waals surface area contributed by atoms with Gasteiger partial charge < -0.3 is 15.3 Å². The van der Waals surface area contributed by atoms with Gasteiger partial charge in [0.05, 0.1) is 10.3 Å². The van der Waals surface area contributed by atoms with Crippen molar-refractivity contribution in [2.24, 2.45) is 5.41 Å². The van der Waals surface area contributed by atoms with Crippen LogP contribution in [0.3, 0.4) is 0 Å². The van der Waals surface area contributed by atoms with Crippen LogP contribution in [0.2, 0.25) is 0 Å². The fraction of sp³-hybridized carbons (Fsp3) is 0.417. The lowest BCUT2D eigenvalue weighted by Crippen LogP contribution is -2.46. The SMILES string of the molecule is CN1CC[C@@]2(C(=O)Nc3ccccc3)CCN(S(=O)(=O)c3ccccc3)CC[C@@H]12.O=C(O)C(F)(F)F. The third kappa shape index (κ3) is 6.05. The zero-order valence-corrected chi connectivity index (χ0v) is 20.4. The van der Waals surface area contributed by atoms with Crippen LogP contribution in [-0.2, 0) is 19.6 Å². The summed E-state index contributed by atoms with van der Waals surface area (Å²) in [5, 5.41) is 10.2. The maximum atomic E-state index is 13.4. The van der Waals surface area contributed by atoms with Gasteiger partial charge in [-0.05, 0) is 57.1 Å². The Morgan fingerprint density at radius 2 is 1.50 bits per heavy atom. The van der Waals surface area contributed by atoms with Gasteiger partial charge in [-0.15, -0.1) is 0 Å². The van der Waals surface area contributed by atoms with E-state index in [9.17, 15) is 26.4 Å². The zero-order chi connectivity index (χ0) is 26.6. The Morgan fingerprint density at radius 1 is 0.972 bits per heavy atom. The van der Waals surface area contributed by atoms with Crippen LogP contribution in [0.1, 0.15) is 19.3 Å². The number of carbonyl (C=O) groups is 2. The van der Waals surface area contributed by atoms with Crippen molar-refractivity contribution in [1.82, 2.24) is 9.21 Å². The molecule has 2 N–H and O–H groups in total. The Kier molecular flexibility index (Phi) is 8.42. The van der Waals surface area contributed by atoms with Crippen molar-refractivity contribution in [3.8, 4) is 0 Å². The van der Waals surface area contributed by atoms with Gasteiger partial charge in [0.2, 0.25) is 15.9 Å². The molecule has 2 aromatic carbocycles. The second kappa shape index (κ2) is 11.0. The first-order chi connectivity index (χ1) is 16.9. The van der Waals surface area contributed by atoms with E-state index in [1.807, 2.05) is 43.4 Å². The van der Waals surface area contributed by atoms with Crippen molar-refractivity contribution in [2.45, 2.75) is 36.4 Å². The van der Waals surface area contributed by atoms with Crippen LogP contribution in [0, 0.1) is 5.41 Å². The summed E-state index contributed by atoms with van der Waals surface area (Å²) in [5.74, 6) is -2.76. The number of nitrogens with one attached hydrogen (secondary N) is 1. The number of halogens is 3. The van der Waals surface area contributed by atoms with Crippen molar-refractivity contribution in [3.63, 3.8) is 0 Å². The number of likely N-dealkylation sites (tertiary alicyclic amines) is 1. The number of para-hydroxylation sites is 1. The lowest BCUT2D eigenvalue weighted by atomic mass is 9.75. The molecule has 0 unspecified atom stereocenters. The average molecular weight is 528 g/mol. The van der Waals surface area contributed by atoms with Gasteiger partial charge in [-0.25, -0.2) is 13.2 Å². The molecule has 4 rings (SSSR count). The highest BCUT2D eigenvalue weighted by Gasteiger charge is 2.53. The average Bonchev–Trinajstić information content (AvgIpc) is 3.03. The number of carboxylic acids is 1. The highest BCUT2D eigenvalue weighted by molar-refractivity contribution is 7.89. The van der Waals surface area contributed by atoms with Gasteiger partial charge in [-0.1, -0.05) is 36.4 Å². The van der Waals surface area contributed by atoms with Crippen molar-refractivity contribution >= 4 is 27.6 Å². The number of alkyl halides is 3. The molecule has 0 aliphatic carbocycles. The van der Waals surface area contributed by atoms with E-state index in [0.717, 1.165) is 18.7 Å². The molecule has 1 amide bonds. The summed E-state index contributed by atoms with van der Waals surface area (Å²) < 4.78 is 59.5. The first-order valence-electron chi connectivity index (χ1n) is 11.3. The summed E-state index contributed by atoms with van der Waals surface area (Å²) >= 11 is 0. The summed E-state index contributed by atoms with van der Waals surface area (Å²) in [6, 6.07) is 18.0. The molecule has 0 aromatic heterocycles. The molecule has 2 aliphatic heterocycles. The molecule has 2 aliphatic rings. The number of sulfonamides is 1. The van der Waals surface area contributed by atoms with Gasteiger partial charge in [-0.2, -0.15) is 17.5 Å². The molecular weight excluding hydrogens is 499 g/mol. The van der Waals surface area contributed by atoms with Crippen LogP contribution >= 0.6 is 0 Å². The highest BCUT2D eigenvalue weighted by Crippen LogP contribution is 2.44. The molecule has 12 heteroatoms. The summed E-state index contributed by atoms with van der Waals surface area (Å²) in [7, 11) is -1.53. The smallest absolute Gasteiger partial charge is 0.475 e. The van der Waals surface area contributed by atoms with Crippen LogP contribution in [-0.4, -0.2) is 73.5 Å². The van der Waals surface area contributed by atoms with E-state index >= 15 is 0 Å². The molecule has 0 bridgehead atoms. The molecular formula is C24H28F3N3O5S. The third-order valence-electron chi connectivity index (χ3n) is 6.65. The van der Waals surface area contributed by atoms with E-state index in [2.05, 4.69) is 10.2 Å². The Morgan fingerprint density at radius 3 is 2.06 bits per heavy atom. The van der Waals surface area contributed by atoms with Crippen molar-refractivity contribution in [1.29, 1.82) is 0 Å². The molecule has 8 nitrogen and oxygen atoms in total. The molecule has 2 saturated heterocycles. The Bertz CT molecular complexity index is 1160. The highest BCUT2D eigenvalue weighted by atomic mass is 32.2. The molecule has 0 spiro atoms. The molecule has 2 atom stereocenters. The van der Waals surface area contributed by atoms with Crippen molar-refractivity contribution in [3.05, 3.63) is 60.7 Å². The minimum Gasteiger partial charge on any atom is -0.475 e. The van der Waals surface area contributed by atoms with Crippen LogP contribution in [0.5, 0.6) is 0 Å². The predicted octanol–water partition coefficient (Wildman–Crippen LogP) is 3.43. The fourth-order valence-corrected chi connectivity index (χ4v) is 6.22. The molecule has 196 valence electrons. The minimum absolute atomic E-state index is 0.00277. The molecule has 36 heavy (non-hydrogen) atoms. The lowest BCUT2D eigenvalue weighted by molar-refractivity contribution is -0.192. The van der Waals surface area contributed by atoms with E-state index in [-0.39, 0.29) is 11.9 Å². The molecule has 0 radical (unpaired) electrons. The lowest BCUT2D eigenvalue weighted by Gasteiger charge is -2.34. The predicted molar refractivity (Wildman–Crippen MR) is 127 cm³/mol. The molecule has 2 heterocycles.